The second kappa shape index (κ2) is 6.55. The van der Waals surface area contributed by atoms with Crippen LogP contribution in [0.3, 0.4) is 0 Å². The Morgan fingerprint density at radius 2 is 2.33 bits per heavy atom. The average Bonchev–Trinajstić information content (AvgIpc) is 2.76. The van der Waals surface area contributed by atoms with Gasteiger partial charge in [-0.25, -0.2) is 0 Å². The highest BCUT2D eigenvalue weighted by Crippen LogP contribution is 2.25. The third-order valence-electron chi connectivity index (χ3n) is 3.34. The van der Waals surface area contributed by atoms with Crippen molar-refractivity contribution in [3.63, 3.8) is 0 Å². The summed E-state index contributed by atoms with van der Waals surface area (Å²) in [5, 5.41) is 9.42. The van der Waals surface area contributed by atoms with Gasteiger partial charge in [0.1, 0.15) is 5.75 Å². The molecule has 2 rings (SSSR count). The Kier molecular flexibility index (Phi) is 5.03. The zero-order valence-corrected chi connectivity index (χ0v) is 12.3. The van der Waals surface area contributed by atoms with E-state index in [0.717, 1.165) is 54.9 Å². The molecule has 1 heterocycles. The third kappa shape index (κ3) is 3.70. The largest absolute Gasteiger partial charge is 0.493 e. The van der Waals surface area contributed by atoms with E-state index in [4.69, 9.17) is 4.74 Å². The second-order valence-electron chi connectivity index (χ2n) is 4.81. The van der Waals surface area contributed by atoms with E-state index in [1.165, 1.54) is 0 Å². The Labute approximate surface area is 117 Å². The molecular weight excluding hydrogens is 294 g/mol. The Hall–Kier alpha value is -0.580. The van der Waals surface area contributed by atoms with Crippen molar-refractivity contribution in [2.24, 2.45) is 0 Å². The van der Waals surface area contributed by atoms with Crippen LogP contribution in [-0.4, -0.2) is 42.4 Å². The van der Waals surface area contributed by atoms with Crippen molar-refractivity contribution < 1.29 is 9.84 Å². The molecule has 4 heteroatoms. The molecule has 1 aliphatic heterocycles. The lowest BCUT2D eigenvalue weighted by atomic mass is 10.2. The molecule has 1 aliphatic rings. The Balaban J connectivity index is 1.70. The fourth-order valence-electron chi connectivity index (χ4n) is 2.23. The quantitative estimate of drug-likeness (QED) is 0.848. The van der Waals surface area contributed by atoms with Crippen molar-refractivity contribution in [3.8, 4) is 5.75 Å². The van der Waals surface area contributed by atoms with Crippen LogP contribution in [0.2, 0.25) is 0 Å². The second-order valence-corrected chi connectivity index (χ2v) is 5.66. The maximum atomic E-state index is 9.42. The number of benzene rings is 1. The summed E-state index contributed by atoms with van der Waals surface area (Å²) >= 11 is 3.50. The van der Waals surface area contributed by atoms with Gasteiger partial charge in [0.25, 0.3) is 0 Å². The fraction of sp³-hybridized carbons (Fsp3) is 0.571. The van der Waals surface area contributed by atoms with Crippen molar-refractivity contribution in [3.05, 3.63) is 28.2 Å². The van der Waals surface area contributed by atoms with Gasteiger partial charge in [-0.15, -0.1) is 0 Å². The van der Waals surface area contributed by atoms with E-state index in [0.29, 0.717) is 0 Å². The van der Waals surface area contributed by atoms with E-state index < -0.39 is 0 Å². The highest BCUT2D eigenvalue weighted by Gasteiger charge is 2.19. The highest BCUT2D eigenvalue weighted by atomic mass is 79.9. The molecule has 0 aliphatic carbocycles. The molecule has 0 bridgehead atoms. The number of likely N-dealkylation sites (tertiary alicyclic amines) is 1. The number of aliphatic hydroxyl groups excluding tert-OH is 1. The van der Waals surface area contributed by atoms with Gasteiger partial charge in [0.05, 0.1) is 12.7 Å². The Bertz CT molecular complexity index is 397. The molecule has 1 unspecified atom stereocenters. The van der Waals surface area contributed by atoms with E-state index in [2.05, 4.69) is 27.8 Å². The van der Waals surface area contributed by atoms with E-state index in [9.17, 15) is 5.11 Å². The van der Waals surface area contributed by atoms with E-state index in [-0.39, 0.29) is 6.10 Å². The number of β-amino-alcohol motifs (C(OH)–C–C–N with tert-alkyl or cyclic N) is 1. The lowest BCUT2D eigenvalue weighted by Gasteiger charge is -2.15. The summed E-state index contributed by atoms with van der Waals surface area (Å²) in [5.74, 6) is 0.950. The normalized spacial score (nSPS) is 20.3. The standard InChI is InChI=1S/C14H20BrNO2/c1-11-13(15)4-2-5-14(11)18-9-3-7-16-8-6-12(17)10-16/h2,4-5,12,17H,3,6-10H2,1H3. The van der Waals surface area contributed by atoms with Crippen LogP contribution < -0.4 is 4.74 Å². The smallest absolute Gasteiger partial charge is 0.123 e. The van der Waals surface area contributed by atoms with Crippen LogP contribution in [0.1, 0.15) is 18.4 Å². The summed E-state index contributed by atoms with van der Waals surface area (Å²) < 4.78 is 6.87. The molecule has 0 spiro atoms. The molecule has 0 radical (unpaired) electrons. The molecular formula is C14H20BrNO2. The minimum Gasteiger partial charge on any atom is -0.493 e. The molecule has 1 atom stereocenters. The van der Waals surface area contributed by atoms with Crippen molar-refractivity contribution >= 4 is 15.9 Å². The number of hydrogen-bond acceptors (Lipinski definition) is 3. The zero-order chi connectivity index (χ0) is 13.0. The zero-order valence-electron chi connectivity index (χ0n) is 10.7. The molecule has 1 aromatic carbocycles. The van der Waals surface area contributed by atoms with Gasteiger partial charge in [0.15, 0.2) is 0 Å². The Morgan fingerprint density at radius 3 is 3.06 bits per heavy atom. The first-order valence-corrected chi connectivity index (χ1v) is 7.24. The van der Waals surface area contributed by atoms with Crippen molar-refractivity contribution in [1.29, 1.82) is 0 Å². The Morgan fingerprint density at radius 1 is 1.50 bits per heavy atom. The minimum absolute atomic E-state index is 0.127. The van der Waals surface area contributed by atoms with Gasteiger partial charge in [-0.1, -0.05) is 22.0 Å². The summed E-state index contributed by atoms with van der Waals surface area (Å²) in [7, 11) is 0. The van der Waals surface area contributed by atoms with Gasteiger partial charge in [-0.3, -0.25) is 0 Å². The fourth-order valence-corrected chi connectivity index (χ4v) is 2.58. The van der Waals surface area contributed by atoms with Gasteiger partial charge in [0.2, 0.25) is 0 Å². The lowest BCUT2D eigenvalue weighted by molar-refractivity contribution is 0.173. The average molecular weight is 314 g/mol. The number of hydrogen-bond donors (Lipinski definition) is 1. The minimum atomic E-state index is -0.127. The molecule has 1 N–H and O–H groups in total. The van der Waals surface area contributed by atoms with Gasteiger partial charge in [-0.05, 0) is 31.9 Å². The molecule has 18 heavy (non-hydrogen) atoms. The van der Waals surface area contributed by atoms with Crippen LogP contribution in [-0.2, 0) is 0 Å². The summed E-state index contributed by atoms with van der Waals surface area (Å²) in [6.45, 7) is 5.61. The van der Waals surface area contributed by atoms with Crippen LogP contribution >= 0.6 is 15.9 Å². The monoisotopic (exact) mass is 313 g/mol. The summed E-state index contributed by atoms with van der Waals surface area (Å²) in [6, 6.07) is 6.01. The first-order valence-electron chi connectivity index (χ1n) is 6.45. The molecule has 1 fully saturated rings. The van der Waals surface area contributed by atoms with Crippen LogP contribution in [0, 0.1) is 6.92 Å². The van der Waals surface area contributed by atoms with Crippen molar-refractivity contribution in [2.45, 2.75) is 25.9 Å². The molecule has 0 aromatic heterocycles. The maximum Gasteiger partial charge on any atom is 0.123 e. The number of rotatable bonds is 5. The number of aliphatic hydroxyl groups is 1. The topological polar surface area (TPSA) is 32.7 Å². The van der Waals surface area contributed by atoms with Crippen LogP contribution in [0.15, 0.2) is 22.7 Å². The molecule has 0 saturated carbocycles. The van der Waals surface area contributed by atoms with Crippen LogP contribution in [0.25, 0.3) is 0 Å². The molecule has 1 saturated heterocycles. The van der Waals surface area contributed by atoms with E-state index in [1.54, 1.807) is 0 Å². The molecule has 100 valence electrons. The van der Waals surface area contributed by atoms with Crippen LogP contribution in [0.5, 0.6) is 5.75 Å². The summed E-state index contributed by atoms with van der Waals surface area (Å²) in [6.07, 6.45) is 1.78. The number of nitrogens with zero attached hydrogens (tertiary/aromatic N) is 1. The maximum absolute atomic E-state index is 9.42. The summed E-state index contributed by atoms with van der Waals surface area (Å²) in [5.41, 5.74) is 1.15. The first-order chi connectivity index (χ1) is 8.66. The predicted octanol–water partition coefficient (Wildman–Crippen LogP) is 2.59. The first kappa shape index (κ1) is 13.8. The number of halogens is 1. The van der Waals surface area contributed by atoms with E-state index >= 15 is 0 Å². The van der Waals surface area contributed by atoms with Gasteiger partial charge >= 0.3 is 0 Å². The van der Waals surface area contributed by atoms with Crippen LogP contribution in [0.4, 0.5) is 0 Å². The third-order valence-corrected chi connectivity index (χ3v) is 4.20. The van der Waals surface area contributed by atoms with Crippen molar-refractivity contribution in [2.75, 3.05) is 26.2 Å². The van der Waals surface area contributed by atoms with Gasteiger partial charge < -0.3 is 14.7 Å². The predicted molar refractivity (Wildman–Crippen MR) is 76.1 cm³/mol. The summed E-state index contributed by atoms with van der Waals surface area (Å²) in [4.78, 5) is 2.29. The number of ether oxygens (including phenoxy) is 1. The van der Waals surface area contributed by atoms with Crippen molar-refractivity contribution in [1.82, 2.24) is 4.90 Å². The van der Waals surface area contributed by atoms with Gasteiger partial charge in [0, 0.05) is 29.7 Å². The highest BCUT2D eigenvalue weighted by molar-refractivity contribution is 9.10. The SMILES string of the molecule is Cc1c(Br)cccc1OCCCN1CCC(O)C1. The van der Waals surface area contributed by atoms with Gasteiger partial charge in [-0.2, -0.15) is 0 Å². The molecule has 3 nitrogen and oxygen atoms in total. The molecule has 0 amide bonds. The molecule has 1 aromatic rings. The van der Waals surface area contributed by atoms with E-state index in [1.807, 2.05) is 18.2 Å². The lowest BCUT2D eigenvalue weighted by Crippen LogP contribution is -2.24.